The van der Waals surface area contributed by atoms with Crippen LogP contribution >= 0.6 is 11.6 Å². The number of nitrogens with zero attached hydrogens (tertiary/aromatic N) is 1. The van der Waals surface area contributed by atoms with Crippen molar-refractivity contribution in [3.05, 3.63) is 47.1 Å². The Kier molecular flexibility index (Phi) is 3.02. The molecule has 1 aromatic carbocycles. The molecule has 1 aromatic heterocycles. The molecule has 0 saturated heterocycles. The summed E-state index contributed by atoms with van der Waals surface area (Å²) in [6.07, 6.45) is 6.99. The van der Waals surface area contributed by atoms with Crippen LogP contribution < -0.4 is 0 Å². The molecule has 0 aliphatic carbocycles. The molecule has 0 fully saturated rings. The fraction of sp³-hybridized carbons (Fsp3) is 0.154. The smallest absolute Gasteiger partial charge is 0.0722 e. The van der Waals surface area contributed by atoms with Gasteiger partial charge in [-0.15, -0.1) is 0 Å². The third-order valence-corrected chi connectivity index (χ3v) is 2.55. The second-order valence-corrected chi connectivity index (χ2v) is 3.79. The van der Waals surface area contributed by atoms with Gasteiger partial charge in [0.05, 0.1) is 10.5 Å². The molecule has 1 heterocycles. The van der Waals surface area contributed by atoms with E-state index in [1.807, 2.05) is 24.3 Å². The Bertz CT molecular complexity index is 503. The highest BCUT2D eigenvalue weighted by Crippen LogP contribution is 2.24. The van der Waals surface area contributed by atoms with E-state index < -0.39 is 0 Å². The maximum absolute atomic E-state index is 6.17. The van der Waals surface area contributed by atoms with E-state index in [0.29, 0.717) is 0 Å². The minimum Gasteiger partial charge on any atom is -0.256 e. The van der Waals surface area contributed by atoms with E-state index in [4.69, 9.17) is 11.6 Å². The van der Waals surface area contributed by atoms with Crippen LogP contribution in [0.2, 0.25) is 5.02 Å². The molecule has 0 spiro atoms. The number of allylic oxidation sites excluding steroid dienone is 1. The molecule has 2 aromatic rings. The van der Waals surface area contributed by atoms with Gasteiger partial charge in [0, 0.05) is 11.6 Å². The largest absolute Gasteiger partial charge is 0.256 e. The number of hydrogen-bond acceptors (Lipinski definition) is 1. The molecule has 2 rings (SSSR count). The minimum absolute atomic E-state index is 0.761. The number of aromatic nitrogens is 1. The summed E-state index contributed by atoms with van der Waals surface area (Å²) in [4.78, 5) is 4.29. The van der Waals surface area contributed by atoms with Gasteiger partial charge in [-0.05, 0) is 36.2 Å². The van der Waals surface area contributed by atoms with Crippen molar-refractivity contribution in [1.82, 2.24) is 4.98 Å². The second kappa shape index (κ2) is 4.45. The lowest BCUT2D eigenvalue weighted by Gasteiger charge is -2.01. The first kappa shape index (κ1) is 10.2. The SMILES string of the molecule is CC/C=C/c1cc(Cl)c2cccnc2c1. The summed E-state index contributed by atoms with van der Waals surface area (Å²) >= 11 is 6.17. The summed E-state index contributed by atoms with van der Waals surface area (Å²) in [5.41, 5.74) is 2.05. The van der Waals surface area contributed by atoms with E-state index in [2.05, 4.69) is 24.1 Å². The van der Waals surface area contributed by atoms with Crippen molar-refractivity contribution in [2.45, 2.75) is 13.3 Å². The van der Waals surface area contributed by atoms with Crippen LogP contribution in [-0.4, -0.2) is 4.98 Å². The van der Waals surface area contributed by atoms with Crippen LogP contribution in [0.4, 0.5) is 0 Å². The molecule has 1 nitrogen and oxygen atoms in total. The molecule has 2 heteroatoms. The summed E-state index contributed by atoms with van der Waals surface area (Å²) in [6, 6.07) is 7.90. The predicted molar refractivity (Wildman–Crippen MR) is 66.1 cm³/mol. The quantitative estimate of drug-likeness (QED) is 0.731. The predicted octanol–water partition coefficient (Wildman–Crippen LogP) is 4.31. The van der Waals surface area contributed by atoms with E-state index in [9.17, 15) is 0 Å². The first-order valence-electron chi connectivity index (χ1n) is 5.02. The molecule has 76 valence electrons. The zero-order valence-corrected chi connectivity index (χ0v) is 9.33. The van der Waals surface area contributed by atoms with Crippen LogP contribution in [0.1, 0.15) is 18.9 Å². The molecule has 0 unspecified atom stereocenters. The summed E-state index contributed by atoms with van der Waals surface area (Å²) < 4.78 is 0. The van der Waals surface area contributed by atoms with Gasteiger partial charge in [0.25, 0.3) is 0 Å². The number of halogens is 1. The Labute approximate surface area is 94.4 Å². The van der Waals surface area contributed by atoms with Gasteiger partial charge in [0.2, 0.25) is 0 Å². The third-order valence-electron chi connectivity index (χ3n) is 2.24. The van der Waals surface area contributed by atoms with Crippen molar-refractivity contribution in [2.24, 2.45) is 0 Å². The van der Waals surface area contributed by atoms with Crippen LogP contribution in [0.3, 0.4) is 0 Å². The van der Waals surface area contributed by atoms with E-state index in [-0.39, 0.29) is 0 Å². The monoisotopic (exact) mass is 217 g/mol. The highest BCUT2D eigenvalue weighted by Gasteiger charge is 2.00. The van der Waals surface area contributed by atoms with Crippen molar-refractivity contribution in [3.63, 3.8) is 0 Å². The number of pyridine rings is 1. The van der Waals surface area contributed by atoms with Crippen LogP contribution in [0.25, 0.3) is 17.0 Å². The second-order valence-electron chi connectivity index (χ2n) is 3.38. The Hall–Kier alpha value is -1.34. The lowest BCUT2D eigenvalue weighted by molar-refractivity contribution is 1.23. The standard InChI is InChI=1S/C13H12ClN/c1-2-3-5-10-8-12(14)11-6-4-7-15-13(11)9-10/h3-9H,2H2,1H3/b5-3+. The highest BCUT2D eigenvalue weighted by atomic mass is 35.5. The van der Waals surface area contributed by atoms with Gasteiger partial charge in [-0.25, -0.2) is 0 Å². The Morgan fingerprint density at radius 1 is 1.40 bits per heavy atom. The van der Waals surface area contributed by atoms with Crippen molar-refractivity contribution >= 4 is 28.6 Å². The summed E-state index contributed by atoms with van der Waals surface area (Å²) in [7, 11) is 0. The molecule has 0 aliphatic heterocycles. The summed E-state index contributed by atoms with van der Waals surface area (Å²) in [6.45, 7) is 2.11. The van der Waals surface area contributed by atoms with Gasteiger partial charge in [-0.3, -0.25) is 4.98 Å². The van der Waals surface area contributed by atoms with Crippen molar-refractivity contribution in [1.29, 1.82) is 0 Å². The van der Waals surface area contributed by atoms with Gasteiger partial charge < -0.3 is 0 Å². The molecule has 0 bridgehead atoms. The van der Waals surface area contributed by atoms with Gasteiger partial charge >= 0.3 is 0 Å². The number of benzene rings is 1. The average molecular weight is 218 g/mol. The summed E-state index contributed by atoms with van der Waals surface area (Å²) in [5, 5.41) is 1.77. The number of fused-ring (bicyclic) bond motifs is 1. The summed E-state index contributed by atoms with van der Waals surface area (Å²) in [5.74, 6) is 0. The number of rotatable bonds is 2. The molecular formula is C13H12ClN. The van der Waals surface area contributed by atoms with Crippen molar-refractivity contribution in [2.75, 3.05) is 0 Å². The van der Waals surface area contributed by atoms with Crippen LogP contribution in [-0.2, 0) is 0 Å². The molecule has 0 radical (unpaired) electrons. The van der Waals surface area contributed by atoms with E-state index in [1.54, 1.807) is 6.20 Å². The normalized spacial score (nSPS) is 11.3. The third kappa shape index (κ3) is 2.18. The van der Waals surface area contributed by atoms with E-state index >= 15 is 0 Å². The lowest BCUT2D eigenvalue weighted by Crippen LogP contribution is -1.81. The molecule has 0 atom stereocenters. The highest BCUT2D eigenvalue weighted by molar-refractivity contribution is 6.35. The topological polar surface area (TPSA) is 12.9 Å². The maximum atomic E-state index is 6.17. The molecule has 0 amide bonds. The van der Waals surface area contributed by atoms with E-state index in [0.717, 1.165) is 27.9 Å². The fourth-order valence-electron chi connectivity index (χ4n) is 1.51. The first-order valence-corrected chi connectivity index (χ1v) is 5.40. The zero-order valence-electron chi connectivity index (χ0n) is 8.57. The Morgan fingerprint density at radius 3 is 3.07 bits per heavy atom. The molecule has 0 N–H and O–H groups in total. The molecule has 0 saturated carbocycles. The Balaban J connectivity index is 2.57. The minimum atomic E-state index is 0.761. The average Bonchev–Trinajstić information content (AvgIpc) is 2.26. The molecule has 0 aliphatic rings. The van der Waals surface area contributed by atoms with Gasteiger partial charge in [0.15, 0.2) is 0 Å². The van der Waals surface area contributed by atoms with Gasteiger partial charge in [0.1, 0.15) is 0 Å². The van der Waals surface area contributed by atoms with Gasteiger partial charge in [-0.1, -0.05) is 30.7 Å². The van der Waals surface area contributed by atoms with E-state index in [1.165, 1.54) is 0 Å². The lowest BCUT2D eigenvalue weighted by atomic mass is 10.1. The first-order chi connectivity index (χ1) is 7.31. The number of hydrogen-bond donors (Lipinski definition) is 0. The fourth-order valence-corrected chi connectivity index (χ4v) is 1.79. The van der Waals surface area contributed by atoms with Crippen molar-refractivity contribution in [3.8, 4) is 0 Å². The van der Waals surface area contributed by atoms with Crippen LogP contribution in [0.15, 0.2) is 36.5 Å². The molecular weight excluding hydrogens is 206 g/mol. The molecule has 15 heavy (non-hydrogen) atoms. The van der Waals surface area contributed by atoms with Crippen molar-refractivity contribution < 1.29 is 0 Å². The zero-order chi connectivity index (χ0) is 10.7. The Morgan fingerprint density at radius 2 is 2.27 bits per heavy atom. The van der Waals surface area contributed by atoms with Crippen LogP contribution in [0, 0.1) is 0 Å². The van der Waals surface area contributed by atoms with Crippen LogP contribution in [0.5, 0.6) is 0 Å². The van der Waals surface area contributed by atoms with Gasteiger partial charge in [-0.2, -0.15) is 0 Å². The maximum Gasteiger partial charge on any atom is 0.0722 e.